The lowest BCUT2D eigenvalue weighted by Crippen LogP contribution is -2.25. The standard InChI is InChI=1S/C16H13ClN2O5S/c1-25(23,24)12-9-18-5-6-19(8-10-3-2-4-11(17)7-10)16(22)13(18)15(21)14(12)20/h2-7,9,21H,8H2,1H3. The quantitative estimate of drug-likeness (QED) is 0.738. The van der Waals surface area contributed by atoms with E-state index < -0.39 is 31.5 Å². The van der Waals surface area contributed by atoms with E-state index in [1.165, 1.54) is 17.0 Å². The zero-order valence-corrected chi connectivity index (χ0v) is 14.6. The molecule has 130 valence electrons. The summed E-state index contributed by atoms with van der Waals surface area (Å²) in [5.74, 6) is -0.895. The summed E-state index contributed by atoms with van der Waals surface area (Å²) in [6.45, 7) is 0.178. The Morgan fingerprint density at radius 3 is 2.56 bits per heavy atom. The molecular weight excluding hydrogens is 368 g/mol. The molecule has 0 amide bonds. The van der Waals surface area contributed by atoms with Crippen molar-refractivity contribution in [3.05, 3.63) is 74.0 Å². The summed E-state index contributed by atoms with van der Waals surface area (Å²) >= 11 is 5.92. The van der Waals surface area contributed by atoms with Crippen molar-refractivity contribution in [1.82, 2.24) is 8.97 Å². The Balaban J connectivity index is 2.23. The summed E-state index contributed by atoms with van der Waals surface area (Å²) in [5, 5.41) is 10.6. The molecule has 25 heavy (non-hydrogen) atoms. The van der Waals surface area contributed by atoms with Crippen molar-refractivity contribution in [3.63, 3.8) is 0 Å². The topological polar surface area (TPSA) is 97.8 Å². The maximum atomic E-state index is 12.6. The van der Waals surface area contributed by atoms with Gasteiger partial charge in [-0.15, -0.1) is 0 Å². The molecule has 0 unspecified atom stereocenters. The van der Waals surface area contributed by atoms with Crippen LogP contribution in [0.3, 0.4) is 0 Å². The number of aromatic hydroxyl groups is 1. The predicted molar refractivity (Wildman–Crippen MR) is 93.3 cm³/mol. The van der Waals surface area contributed by atoms with Crippen LogP contribution in [0.4, 0.5) is 0 Å². The Morgan fingerprint density at radius 2 is 1.92 bits per heavy atom. The fourth-order valence-electron chi connectivity index (χ4n) is 2.50. The van der Waals surface area contributed by atoms with Gasteiger partial charge in [-0.05, 0) is 17.7 Å². The minimum Gasteiger partial charge on any atom is -0.502 e. The molecule has 1 N–H and O–H groups in total. The van der Waals surface area contributed by atoms with Crippen LogP contribution in [0.5, 0.6) is 5.75 Å². The minimum atomic E-state index is -3.84. The van der Waals surface area contributed by atoms with Crippen LogP contribution in [-0.4, -0.2) is 28.7 Å². The first kappa shape index (κ1) is 17.2. The average Bonchev–Trinajstić information content (AvgIpc) is 2.52. The fourth-order valence-corrected chi connectivity index (χ4v) is 3.45. The van der Waals surface area contributed by atoms with Crippen molar-refractivity contribution in [3.8, 4) is 5.75 Å². The highest BCUT2D eigenvalue weighted by Crippen LogP contribution is 2.15. The molecule has 2 aromatic heterocycles. The lowest BCUT2D eigenvalue weighted by atomic mass is 10.2. The Kier molecular flexibility index (Phi) is 4.18. The van der Waals surface area contributed by atoms with E-state index in [-0.39, 0.29) is 12.1 Å². The van der Waals surface area contributed by atoms with Gasteiger partial charge in [0.15, 0.2) is 21.1 Å². The third-order valence-corrected chi connectivity index (χ3v) is 5.01. The summed E-state index contributed by atoms with van der Waals surface area (Å²) in [6, 6.07) is 6.91. The largest absolute Gasteiger partial charge is 0.502 e. The molecule has 0 saturated carbocycles. The number of halogens is 1. The number of pyridine rings is 1. The number of nitrogens with zero attached hydrogens (tertiary/aromatic N) is 2. The van der Waals surface area contributed by atoms with Gasteiger partial charge in [0.1, 0.15) is 4.90 Å². The van der Waals surface area contributed by atoms with Gasteiger partial charge in [-0.1, -0.05) is 23.7 Å². The van der Waals surface area contributed by atoms with E-state index >= 15 is 0 Å². The van der Waals surface area contributed by atoms with Crippen LogP contribution in [0.1, 0.15) is 5.56 Å². The molecule has 7 nitrogen and oxygen atoms in total. The molecule has 0 atom stereocenters. The number of hydrogen-bond acceptors (Lipinski definition) is 5. The molecule has 3 rings (SSSR count). The lowest BCUT2D eigenvalue weighted by Gasteiger charge is -2.10. The Bertz CT molecular complexity index is 1210. The van der Waals surface area contributed by atoms with Gasteiger partial charge in [0.05, 0.1) is 6.54 Å². The SMILES string of the molecule is CS(=O)(=O)c1cn2ccn(Cc3cccc(Cl)c3)c(=O)c2c(O)c1=O. The highest BCUT2D eigenvalue weighted by atomic mass is 35.5. The molecule has 0 saturated heterocycles. The molecule has 1 aromatic carbocycles. The molecule has 3 aromatic rings. The van der Waals surface area contributed by atoms with Gasteiger partial charge in [0.25, 0.3) is 5.56 Å². The van der Waals surface area contributed by atoms with Gasteiger partial charge in [-0.25, -0.2) is 8.42 Å². The van der Waals surface area contributed by atoms with Crippen LogP contribution in [0.25, 0.3) is 5.52 Å². The molecule has 0 aliphatic rings. The van der Waals surface area contributed by atoms with E-state index in [0.29, 0.717) is 5.02 Å². The van der Waals surface area contributed by atoms with E-state index in [9.17, 15) is 23.1 Å². The van der Waals surface area contributed by atoms with Gasteiger partial charge in [0, 0.05) is 29.9 Å². The molecule has 0 bridgehead atoms. The minimum absolute atomic E-state index is 0.178. The smallest absolute Gasteiger partial charge is 0.279 e. The van der Waals surface area contributed by atoms with E-state index in [1.54, 1.807) is 24.3 Å². The first-order chi connectivity index (χ1) is 11.7. The zero-order chi connectivity index (χ0) is 18.4. The Hall–Kier alpha value is -2.58. The van der Waals surface area contributed by atoms with Gasteiger partial charge in [-0.2, -0.15) is 0 Å². The maximum Gasteiger partial charge on any atom is 0.279 e. The summed E-state index contributed by atoms with van der Waals surface area (Å²) in [7, 11) is -3.84. The van der Waals surface area contributed by atoms with E-state index in [2.05, 4.69) is 0 Å². The van der Waals surface area contributed by atoms with Crippen LogP contribution in [0.15, 0.2) is 57.3 Å². The van der Waals surface area contributed by atoms with Crippen LogP contribution >= 0.6 is 11.6 Å². The maximum absolute atomic E-state index is 12.6. The van der Waals surface area contributed by atoms with Gasteiger partial charge in [0.2, 0.25) is 5.43 Å². The lowest BCUT2D eigenvalue weighted by molar-refractivity contribution is 0.469. The van der Waals surface area contributed by atoms with E-state index in [0.717, 1.165) is 22.4 Å². The second-order valence-electron chi connectivity index (χ2n) is 5.56. The number of rotatable bonds is 3. The summed E-state index contributed by atoms with van der Waals surface area (Å²) in [5.41, 5.74) is -1.26. The average molecular weight is 381 g/mol. The van der Waals surface area contributed by atoms with Crippen molar-refractivity contribution in [2.24, 2.45) is 0 Å². The summed E-state index contributed by atoms with van der Waals surface area (Å²) in [4.78, 5) is 24.1. The molecule has 0 radical (unpaired) electrons. The molecule has 0 aliphatic heterocycles. The van der Waals surface area contributed by atoms with Crippen molar-refractivity contribution in [1.29, 1.82) is 0 Å². The molecule has 0 aliphatic carbocycles. The number of sulfone groups is 1. The number of hydrogen-bond donors (Lipinski definition) is 1. The van der Waals surface area contributed by atoms with Gasteiger partial charge >= 0.3 is 0 Å². The second-order valence-corrected chi connectivity index (χ2v) is 7.98. The van der Waals surface area contributed by atoms with Gasteiger partial charge < -0.3 is 14.1 Å². The fraction of sp³-hybridized carbons (Fsp3) is 0.125. The van der Waals surface area contributed by atoms with Crippen LogP contribution in [-0.2, 0) is 16.4 Å². The number of benzene rings is 1. The normalized spacial score (nSPS) is 11.8. The molecule has 0 spiro atoms. The highest BCUT2D eigenvalue weighted by Gasteiger charge is 2.20. The van der Waals surface area contributed by atoms with Crippen LogP contribution < -0.4 is 11.0 Å². The van der Waals surface area contributed by atoms with E-state index in [4.69, 9.17) is 11.6 Å². The first-order valence-corrected chi connectivity index (χ1v) is 9.37. The monoisotopic (exact) mass is 380 g/mol. The van der Waals surface area contributed by atoms with Gasteiger partial charge in [-0.3, -0.25) is 9.59 Å². The number of aromatic nitrogens is 2. The molecular formula is C16H13ClN2O5S. The number of fused-ring (bicyclic) bond motifs is 1. The third kappa shape index (κ3) is 3.18. The van der Waals surface area contributed by atoms with Crippen molar-refractivity contribution in [2.45, 2.75) is 11.4 Å². The van der Waals surface area contributed by atoms with Crippen molar-refractivity contribution < 1.29 is 13.5 Å². The highest BCUT2D eigenvalue weighted by molar-refractivity contribution is 7.90. The third-order valence-electron chi connectivity index (χ3n) is 3.69. The predicted octanol–water partition coefficient (Wildman–Crippen LogP) is 1.27. The Labute approximate surface area is 147 Å². The molecule has 2 heterocycles. The first-order valence-electron chi connectivity index (χ1n) is 7.10. The summed E-state index contributed by atoms with van der Waals surface area (Å²) in [6.07, 6.45) is 4.72. The van der Waals surface area contributed by atoms with E-state index in [1.807, 2.05) is 0 Å². The Morgan fingerprint density at radius 1 is 1.20 bits per heavy atom. The van der Waals surface area contributed by atoms with Crippen molar-refractivity contribution in [2.75, 3.05) is 6.26 Å². The van der Waals surface area contributed by atoms with Crippen LogP contribution in [0.2, 0.25) is 5.02 Å². The zero-order valence-electron chi connectivity index (χ0n) is 13.0. The second kappa shape index (κ2) is 6.05. The van der Waals surface area contributed by atoms with Crippen LogP contribution in [0, 0.1) is 0 Å². The summed E-state index contributed by atoms with van der Waals surface area (Å²) < 4.78 is 25.7. The molecule has 0 fully saturated rings. The molecule has 9 heteroatoms. The van der Waals surface area contributed by atoms with Crippen molar-refractivity contribution >= 4 is 27.0 Å².